The lowest BCUT2D eigenvalue weighted by Gasteiger charge is -2.33. The Morgan fingerprint density at radius 2 is 1.36 bits per heavy atom. The summed E-state index contributed by atoms with van der Waals surface area (Å²) in [6.45, 7) is 1.57. The molecule has 0 aromatic heterocycles. The van der Waals surface area contributed by atoms with Gasteiger partial charge in [-0.2, -0.15) is 8.61 Å². The van der Waals surface area contributed by atoms with E-state index in [1.165, 1.54) is 66.3 Å². The number of rotatable bonds is 7. The van der Waals surface area contributed by atoms with E-state index < -0.39 is 26.0 Å². The van der Waals surface area contributed by atoms with Crippen molar-refractivity contribution in [3.05, 3.63) is 47.5 Å². The van der Waals surface area contributed by atoms with Gasteiger partial charge in [-0.3, -0.25) is 0 Å². The first-order valence-electron chi connectivity index (χ1n) is 9.97. The van der Waals surface area contributed by atoms with Crippen molar-refractivity contribution in [2.75, 3.05) is 47.5 Å². The number of carbonyl (C=O) groups is 1. The quantitative estimate of drug-likeness (QED) is 0.527. The number of hydrogen-bond donors (Lipinski definition) is 0. The molecule has 1 aliphatic rings. The lowest BCUT2D eigenvalue weighted by molar-refractivity contribution is 0.0600. The maximum absolute atomic E-state index is 13.2. The maximum atomic E-state index is 13.2. The molecule has 1 aliphatic heterocycles. The number of ether oxygens (including phenoxy) is 3. The van der Waals surface area contributed by atoms with Gasteiger partial charge in [-0.1, -0.05) is 0 Å². The molecule has 180 valence electrons. The van der Waals surface area contributed by atoms with E-state index in [4.69, 9.17) is 9.47 Å². The van der Waals surface area contributed by atoms with E-state index in [-0.39, 0.29) is 47.3 Å². The third-order valence-corrected chi connectivity index (χ3v) is 9.36. The van der Waals surface area contributed by atoms with Crippen LogP contribution in [0.5, 0.6) is 11.5 Å². The predicted molar refractivity (Wildman–Crippen MR) is 120 cm³/mol. The van der Waals surface area contributed by atoms with Gasteiger partial charge in [-0.05, 0) is 42.8 Å². The molecule has 0 spiro atoms. The molecule has 2 aromatic rings. The van der Waals surface area contributed by atoms with Crippen LogP contribution in [0.2, 0.25) is 0 Å². The van der Waals surface area contributed by atoms with Gasteiger partial charge >= 0.3 is 5.97 Å². The fraction of sp³-hybridized carbons (Fsp3) is 0.381. The molecule has 12 heteroatoms. The van der Waals surface area contributed by atoms with E-state index in [1.54, 1.807) is 6.92 Å². The zero-order valence-corrected chi connectivity index (χ0v) is 20.4. The Kier molecular flexibility index (Phi) is 7.32. The van der Waals surface area contributed by atoms with Crippen molar-refractivity contribution >= 4 is 26.0 Å². The van der Waals surface area contributed by atoms with Crippen LogP contribution in [0, 0.1) is 6.92 Å². The highest BCUT2D eigenvalue weighted by molar-refractivity contribution is 7.89. The van der Waals surface area contributed by atoms with E-state index in [0.717, 1.165) is 0 Å². The van der Waals surface area contributed by atoms with E-state index in [1.807, 2.05) is 0 Å². The lowest BCUT2D eigenvalue weighted by atomic mass is 10.1. The van der Waals surface area contributed by atoms with Crippen LogP contribution < -0.4 is 9.47 Å². The van der Waals surface area contributed by atoms with Gasteiger partial charge in [-0.15, -0.1) is 0 Å². The Bertz CT molecular complexity index is 1250. The summed E-state index contributed by atoms with van der Waals surface area (Å²) in [5, 5.41) is 0. The van der Waals surface area contributed by atoms with Crippen LogP contribution in [0.4, 0.5) is 0 Å². The number of nitrogens with zero attached hydrogens (tertiary/aromatic N) is 2. The van der Waals surface area contributed by atoms with Crippen molar-refractivity contribution < 1.29 is 35.8 Å². The Morgan fingerprint density at radius 3 is 1.88 bits per heavy atom. The van der Waals surface area contributed by atoms with Gasteiger partial charge in [0.15, 0.2) is 11.5 Å². The number of aryl methyl sites for hydroxylation is 1. The molecule has 0 amide bonds. The number of sulfonamides is 2. The summed E-state index contributed by atoms with van der Waals surface area (Å²) in [6, 6.07) is 8.52. The number of esters is 1. The molecule has 1 fully saturated rings. The number of piperazine rings is 1. The molecule has 2 aromatic carbocycles. The largest absolute Gasteiger partial charge is 0.493 e. The Hall–Kier alpha value is -2.67. The first-order chi connectivity index (χ1) is 15.6. The van der Waals surface area contributed by atoms with Crippen LogP contribution in [0.1, 0.15) is 15.9 Å². The third kappa shape index (κ3) is 4.83. The zero-order valence-electron chi connectivity index (χ0n) is 18.8. The van der Waals surface area contributed by atoms with Crippen LogP contribution in [-0.2, 0) is 24.8 Å². The maximum Gasteiger partial charge on any atom is 0.337 e. The van der Waals surface area contributed by atoms with Crippen LogP contribution in [-0.4, -0.2) is 78.9 Å². The van der Waals surface area contributed by atoms with Crippen LogP contribution in [0.25, 0.3) is 0 Å². The van der Waals surface area contributed by atoms with Crippen LogP contribution >= 0.6 is 0 Å². The third-order valence-electron chi connectivity index (χ3n) is 5.40. The van der Waals surface area contributed by atoms with Gasteiger partial charge in [0.05, 0.1) is 36.7 Å². The Labute approximate surface area is 193 Å². The Balaban J connectivity index is 1.78. The first kappa shape index (κ1) is 25.0. The highest BCUT2D eigenvalue weighted by Gasteiger charge is 2.34. The molecule has 10 nitrogen and oxygen atoms in total. The lowest BCUT2D eigenvalue weighted by Crippen LogP contribution is -2.50. The molecular weight excluding hydrogens is 472 g/mol. The van der Waals surface area contributed by atoms with E-state index in [2.05, 4.69) is 4.74 Å². The van der Waals surface area contributed by atoms with Crippen molar-refractivity contribution in [1.29, 1.82) is 0 Å². The summed E-state index contributed by atoms with van der Waals surface area (Å²) < 4.78 is 70.0. The topological polar surface area (TPSA) is 120 Å². The molecule has 0 N–H and O–H groups in total. The molecule has 0 unspecified atom stereocenters. The molecule has 0 atom stereocenters. The average molecular weight is 499 g/mol. The molecule has 0 saturated carbocycles. The molecule has 1 heterocycles. The Morgan fingerprint density at radius 1 is 0.788 bits per heavy atom. The molecule has 33 heavy (non-hydrogen) atoms. The SMILES string of the molecule is COC(=O)c1ccc(S(=O)(=O)N2CCN(S(=O)(=O)c3ccc(OC)c(OC)c3)CC2)c(C)c1. The van der Waals surface area contributed by atoms with Crippen LogP contribution in [0.3, 0.4) is 0 Å². The molecule has 0 bridgehead atoms. The summed E-state index contributed by atoms with van der Waals surface area (Å²) in [5.74, 6) is 0.127. The molecule has 0 aliphatic carbocycles. The first-order valence-corrected chi connectivity index (χ1v) is 12.9. The summed E-state index contributed by atoms with van der Waals surface area (Å²) in [4.78, 5) is 11.8. The number of carbonyl (C=O) groups excluding carboxylic acids is 1. The van der Waals surface area contributed by atoms with Crippen LogP contribution in [0.15, 0.2) is 46.2 Å². The van der Waals surface area contributed by atoms with Crippen molar-refractivity contribution in [2.45, 2.75) is 16.7 Å². The van der Waals surface area contributed by atoms with Gasteiger partial charge in [0.25, 0.3) is 0 Å². The molecule has 1 saturated heterocycles. The van der Waals surface area contributed by atoms with Gasteiger partial charge in [0, 0.05) is 32.2 Å². The second kappa shape index (κ2) is 9.67. The summed E-state index contributed by atoms with van der Waals surface area (Å²) >= 11 is 0. The number of methoxy groups -OCH3 is 3. The second-order valence-corrected chi connectivity index (χ2v) is 11.1. The van der Waals surface area contributed by atoms with E-state index >= 15 is 0 Å². The monoisotopic (exact) mass is 498 g/mol. The van der Waals surface area contributed by atoms with Crippen molar-refractivity contribution in [3.63, 3.8) is 0 Å². The standard InChI is InChI=1S/C21H26N2O8S2/c1-15-13-16(21(24)31-4)5-8-20(15)33(27,28)23-11-9-22(10-12-23)32(25,26)17-6-7-18(29-2)19(14-17)30-3/h5-8,13-14H,9-12H2,1-4H3. The van der Waals surface area contributed by atoms with Gasteiger partial charge < -0.3 is 14.2 Å². The molecule has 0 radical (unpaired) electrons. The van der Waals surface area contributed by atoms with Crippen molar-refractivity contribution in [3.8, 4) is 11.5 Å². The van der Waals surface area contributed by atoms with Gasteiger partial charge in [0.1, 0.15) is 0 Å². The fourth-order valence-corrected chi connectivity index (χ4v) is 6.67. The average Bonchev–Trinajstić information content (AvgIpc) is 2.82. The minimum Gasteiger partial charge on any atom is -0.493 e. The fourth-order valence-electron chi connectivity index (χ4n) is 3.60. The van der Waals surface area contributed by atoms with Gasteiger partial charge in [-0.25, -0.2) is 21.6 Å². The van der Waals surface area contributed by atoms with E-state index in [0.29, 0.717) is 11.3 Å². The van der Waals surface area contributed by atoms with Gasteiger partial charge in [0.2, 0.25) is 20.0 Å². The van der Waals surface area contributed by atoms with E-state index in [9.17, 15) is 21.6 Å². The smallest absolute Gasteiger partial charge is 0.337 e. The summed E-state index contributed by atoms with van der Waals surface area (Å²) in [6.07, 6.45) is 0. The molecule has 3 rings (SSSR count). The predicted octanol–water partition coefficient (Wildman–Crippen LogP) is 1.49. The molecular formula is C21H26N2O8S2. The summed E-state index contributed by atoms with van der Waals surface area (Å²) in [5.41, 5.74) is 0.651. The van der Waals surface area contributed by atoms with Crippen molar-refractivity contribution in [1.82, 2.24) is 8.61 Å². The number of hydrogen-bond acceptors (Lipinski definition) is 8. The highest BCUT2D eigenvalue weighted by Crippen LogP contribution is 2.31. The second-order valence-electron chi connectivity index (χ2n) is 7.30. The minimum atomic E-state index is -3.87. The van der Waals surface area contributed by atoms with Crippen molar-refractivity contribution in [2.24, 2.45) is 0 Å². The number of benzene rings is 2. The normalized spacial score (nSPS) is 15.8. The summed E-state index contributed by atoms with van der Waals surface area (Å²) in [7, 11) is -3.61. The highest BCUT2D eigenvalue weighted by atomic mass is 32.2. The zero-order chi connectivity index (χ0) is 24.4. The minimum absolute atomic E-state index is 0.00476.